The van der Waals surface area contributed by atoms with Gasteiger partial charge in [0.05, 0.1) is 34.0 Å². The van der Waals surface area contributed by atoms with Gasteiger partial charge in [0.1, 0.15) is 0 Å². The Morgan fingerprint density at radius 2 is 1.82 bits per heavy atom. The fourth-order valence-corrected chi connectivity index (χ4v) is 5.10. The van der Waals surface area contributed by atoms with Crippen LogP contribution in [-0.4, -0.2) is 40.1 Å². The maximum Gasteiger partial charge on any atom is 0.251 e. The monoisotopic (exact) mass is 553 g/mol. The largest absolute Gasteiger partial charge is 0.374 e. The normalized spacial score (nSPS) is 15.2. The van der Waals surface area contributed by atoms with Crippen molar-refractivity contribution in [2.75, 3.05) is 18.5 Å². The predicted molar refractivity (Wildman–Crippen MR) is 157 cm³/mol. The second-order valence-corrected chi connectivity index (χ2v) is 12.1. The molecule has 0 spiro atoms. The maximum absolute atomic E-state index is 12.9. The van der Waals surface area contributed by atoms with Crippen molar-refractivity contribution in [3.05, 3.63) is 52.5 Å². The van der Waals surface area contributed by atoms with E-state index in [4.69, 9.17) is 21.3 Å². The molecule has 2 amide bonds. The molecule has 0 bridgehead atoms. The van der Waals surface area contributed by atoms with Gasteiger partial charge in [0, 0.05) is 31.1 Å². The number of amides is 2. The molecule has 1 aromatic heterocycles. The van der Waals surface area contributed by atoms with Crippen LogP contribution in [0.25, 0.3) is 11.0 Å². The second-order valence-electron chi connectivity index (χ2n) is 11.7. The summed E-state index contributed by atoms with van der Waals surface area (Å²) in [5, 5.41) is 9.88. The summed E-state index contributed by atoms with van der Waals surface area (Å²) in [7, 11) is 1.91. The van der Waals surface area contributed by atoms with E-state index in [2.05, 4.69) is 22.9 Å². The van der Waals surface area contributed by atoms with Crippen LogP contribution < -0.4 is 16.0 Å². The minimum absolute atomic E-state index is 0.114. The van der Waals surface area contributed by atoms with E-state index in [9.17, 15) is 9.59 Å². The number of ether oxygens (including phenoxy) is 1. The maximum atomic E-state index is 12.9. The Hall–Kier alpha value is -3.10. The number of nitrogens with zero attached hydrogens (tertiary/aromatic N) is 2. The lowest BCUT2D eigenvalue weighted by molar-refractivity contribution is -0.132. The van der Waals surface area contributed by atoms with Gasteiger partial charge in [-0.05, 0) is 69.5 Å². The molecule has 1 saturated carbocycles. The number of nitrogens with one attached hydrogen (secondary N) is 3. The predicted octanol–water partition coefficient (Wildman–Crippen LogP) is 6.10. The van der Waals surface area contributed by atoms with Crippen LogP contribution in [0.5, 0.6) is 0 Å². The van der Waals surface area contributed by atoms with Gasteiger partial charge in [0.2, 0.25) is 11.9 Å². The number of halogens is 1. The van der Waals surface area contributed by atoms with Crippen molar-refractivity contribution in [1.29, 1.82) is 0 Å². The molecule has 1 aliphatic carbocycles. The molecule has 0 atom stereocenters. The first-order chi connectivity index (χ1) is 18.4. The highest BCUT2D eigenvalue weighted by Crippen LogP contribution is 2.36. The van der Waals surface area contributed by atoms with Gasteiger partial charge in [0.15, 0.2) is 0 Å². The van der Waals surface area contributed by atoms with Crippen LogP contribution in [0.2, 0.25) is 5.02 Å². The summed E-state index contributed by atoms with van der Waals surface area (Å²) in [6, 6.07) is 11.1. The van der Waals surface area contributed by atoms with Crippen LogP contribution >= 0.6 is 11.6 Å². The lowest BCUT2D eigenvalue weighted by Crippen LogP contribution is -2.39. The molecule has 3 aromatic rings. The molecule has 39 heavy (non-hydrogen) atoms. The van der Waals surface area contributed by atoms with Gasteiger partial charge in [-0.15, -0.1) is 0 Å². The molecule has 1 aliphatic rings. The third-order valence-corrected chi connectivity index (χ3v) is 7.63. The van der Waals surface area contributed by atoms with Crippen molar-refractivity contribution in [2.24, 2.45) is 12.5 Å². The number of rotatable bonds is 9. The molecular formula is C30H40ClN5O3. The highest BCUT2D eigenvalue weighted by molar-refractivity contribution is 6.33. The molecule has 210 valence electrons. The lowest BCUT2D eigenvalue weighted by atomic mass is 9.75. The van der Waals surface area contributed by atoms with Gasteiger partial charge in [0.25, 0.3) is 5.91 Å². The number of carbonyl (C=O) groups excluding carboxylic acids is 2. The molecule has 3 N–H and O–H groups in total. The summed E-state index contributed by atoms with van der Waals surface area (Å²) in [5.74, 6) is 0.539. The Morgan fingerprint density at radius 1 is 1.08 bits per heavy atom. The summed E-state index contributed by atoms with van der Waals surface area (Å²) in [4.78, 5) is 30.2. The van der Waals surface area contributed by atoms with Crippen LogP contribution in [0.1, 0.15) is 75.7 Å². The molecule has 2 aromatic carbocycles. The number of aromatic nitrogens is 2. The zero-order valence-electron chi connectivity index (χ0n) is 23.6. The first-order valence-corrected chi connectivity index (χ1v) is 14.1. The van der Waals surface area contributed by atoms with Crippen molar-refractivity contribution in [3.8, 4) is 0 Å². The van der Waals surface area contributed by atoms with E-state index in [1.54, 1.807) is 12.1 Å². The highest BCUT2D eigenvalue weighted by Gasteiger charge is 2.34. The lowest BCUT2D eigenvalue weighted by Gasteiger charge is -2.32. The minimum atomic E-state index is -0.283. The van der Waals surface area contributed by atoms with Gasteiger partial charge in [-0.25, -0.2) is 4.98 Å². The van der Waals surface area contributed by atoms with Gasteiger partial charge in [-0.2, -0.15) is 0 Å². The standard InChI is InChI=1S/C30H40ClN5O3/c1-29(2,3)39-16-15-32-26(37)21-10-12-25-24(18-21)35-28(36(25)5)34-23-17-20(9-11-22(23)31)19-33-27(38)30(4)13-7-6-8-14-30/h9-12,17-18H,6-8,13-16,19H2,1-5H3,(H,32,37)(H,33,38)(H,34,35). The Bertz CT molecular complexity index is 1340. The van der Waals surface area contributed by atoms with Crippen molar-refractivity contribution in [3.63, 3.8) is 0 Å². The van der Waals surface area contributed by atoms with E-state index >= 15 is 0 Å². The molecule has 0 radical (unpaired) electrons. The number of fused-ring (bicyclic) bond motifs is 1. The Kier molecular flexibility index (Phi) is 8.86. The number of hydrogen-bond acceptors (Lipinski definition) is 5. The molecule has 8 nitrogen and oxygen atoms in total. The van der Waals surface area contributed by atoms with Gasteiger partial charge in [-0.1, -0.05) is 43.9 Å². The first-order valence-electron chi connectivity index (χ1n) is 13.7. The van der Waals surface area contributed by atoms with Crippen molar-refractivity contribution in [2.45, 2.75) is 71.9 Å². The Balaban J connectivity index is 1.42. The smallest absolute Gasteiger partial charge is 0.251 e. The van der Waals surface area contributed by atoms with Crippen molar-refractivity contribution >= 4 is 46.1 Å². The number of benzene rings is 2. The van der Waals surface area contributed by atoms with Crippen molar-refractivity contribution in [1.82, 2.24) is 20.2 Å². The molecule has 0 saturated heterocycles. The van der Waals surface area contributed by atoms with Crippen LogP contribution in [0.4, 0.5) is 11.6 Å². The van der Waals surface area contributed by atoms with Gasteiger partial charge >= 0.3 is 0 Å². The van der Waals surface area contributed by atoms with Crippen LogP contribution in [0.15, 0.2) is 36.4 Å². The molecule has 1 heterocycles. The fourth-order valence-electron chi connectivity index (χ4n) is 4.93. The third-order valence-electron chi connectivity index (χ3n) is 7.30. The summed E-state index contributed by atoms with van der Waals surface area (Å²) in [6.45, 7) is 9.32. The molecule has 0 unspecified atom stereocenters. The average molecular weight is 554 g/mol. The van der Waals surface area contributed by atoms with Crippen molar-refractivity contribution < 1.29 is 14.3 Å². The fraction of sp³-hybridized carbons (Fsp3) is 0.500. The van der Waals surface area contributed by atoms with E-state index in [0.717, 1.165) is 36.8 Å². The van der Waals surface area contributed by atoms with E-state index in [1.165, 1.54) is 6.42 Å². The number of aryl methyl sites for hydroxylation is 1. The molecule has 9 heteroatoms. The minimum Gasteiger partial charge on any atom is -0.374 e. The Morgan fingerprint density at radius 3 is 2.54 bits per heavy atom. The topological polar surface area (TPSA) is 97.3 Å². The summed E-state index contributed by atoms with van der Waals surface area (Å²) in [5.41, 5.74) is 3.22. The molecule has 1 fully saturated rings. The van der Waals surface area contributed by atoms with E-state index in [-0.39, 0.29) is 22.8 Å². The number of imidazole rings is 1. The number of anilines is 2. The van der Waals surface area contributed by atoms with E-state index in [1.807, 2.05) is 56.7 Å². The molecule has 4 rings (SSSR count). The molecular weight excluding hydrogens is 514 g/mol. The van der Waals surface area contributed by atoms with E-state index in [0.29, 0.717) is 47.4 Å². The van der Waals surface area contributed by atoms with E-state index < -0.39 is 0 Å². The Labute approximate surface area is 235 Å². The SMILES string of the molecule is Cn1c(Nc2cc(CNC(=O)C3(C)CCCCC3)ccc2Cl)nc2cc(C(=O)NCCOC(C)(C)C)ccc21. The van der Waals surface area contributed by atoms with Gasteiger partial charge < -0.3 is 25.3 Å². The van der Waals surface area contributed by atoms with Crippen LogP contribution in [-0.2, 0) is 23.1 Å². The number of carbonyl (C=O) groups is 2. The second kappa shape index (κ2) is 12.0. The van der Waals surface area contributed by atoms with Gasteiger partial charge in [-0.3, -0.25) is 9.59 Å². The average Bonchev–Trinajstić information content (AvgIpc) is 3.20. The molecule has 0 aliphatic heterocycles. The quantitative estimate of drug-likeness (QED) is 0.278. The zero-order chi connectivity index (χ0) is 28.2. The third kappa shape index (κ3) is 7.31. The zero-order valence-corrected chi connectivity index (χ0v) is 24.4. The highest BCUT2D eigenvalue weighted by atomic mass is 35.5. The summed E-state index contributed by atoms with van der Waals surface area (Å²) < 4.78 is 7.59. The first kappa shape index (κ1) is 28.9. The number of hydrogen-bond donors (Lipinski definition) is 3. The summed E-state index contributed by atoms with van der Waals surface area (Å²) in [6.07, 6.45) is 5.30. The summed E-state index contributed by atoms with van der Waals surface area (Å²) >= 11 is 6.51. The van der Waals surface area contributed by atoms with Crippen LogP contribution in [0, 0.1) is 5.41 Å². The van der Waals surface area contributed by atoms with Crippen LogP contribution in [0.3, 0.4) is 0 Å².